The minimum atomic E-state index is 0.683. The van der Waals surface area contributed by atoms with Crippen LogP contribution in [0, 0.1) is 0 Å². The Bertz CT molecular complexity index is 709. The van der Waals surface area contributed by atoms with E-state index in [0.717, 1.165) is 25.6 Å². The number of hydrogen-bond donors (Lipinski definition) is 1. The van der Waals surface area contributed by atoms with Crippen molar-refractivity contribution in [2.45, 2.75) is 13.1 Å². The molecule has 0 unspecified atom stereocenters. The van der Waals surface area contributed by atoms with Gasteiger partial charge in [0, 0.05) is 39.4 Å². The van der Waals surface area contributed by atoms with Gasteiger partial charge in [-0.15, -0.1) is 0 Å². The van der Waals surface area contributed by atoms with Gasteiger partial charge >= 0.3 is 0 Å². The Hall–Kier alpha value is -2.75. The molecule has 0 saturated heterocycles. The summed E-state index contributed by atoms with van der Waals surface area (Å²) >= 11 is 0. The summed E-state index contributed by atoms with van der Waals surface area (Å²) in [5.74, 6) is 0.900. The molecule has 1 aliphatic heterocycles. The predicted octanol–water partition coefficient (Wildman–Crippen LogP) is 3.27. The van der Waals surface area contributed by atoms with Crippen molar-refractivity contribution in [1.82, 2.24) is 10.2 Å². The summed E-state index contributed by atoms with van der Waals surface area (Å²) in [5, 5.41) is 3.44. The van der Waals surface area contributed by atoms with E-state index < -0.39 is 0 Å². The smallest absolute Gasteiger partial charge is 0.194 e. The Balaban J connectivity index is 1.57. The number of benzene rings is 2. The van der Waals surface area contributed by atoms with Crippen LogP contribution >= 0.6 is 0 Å². The first kappa shape index (κ1) is 17.1. The minimum Gasteiger partial charge on any atom is -0.364 e. The van der Waals surface area contributed by atoms with Crippen LogP contribution in [-0.4, -0.2) is 38.0 Å². The van der Waals surface area contributed by atoms with Crippen LogP contribution in [0.25, 0.3) is 0 Å². The average Bonchev–Trinajstić information content (AvgIpc) is 3.17. The van der Waals surface area contributed by atoms with E-state index >= 15 is 0 Å². The molecule has 1 N–H and O–H groups in total. The van der Waals surface area contributed by atoms with Crippen LogP contribution in [-0.2, 0) is 13.1 Å². The molecule has 0 spiro atoms. The molecule has 0 bridgehead atoms. The number of guanidine groups is 1. The van der Waals surface area contributed by atoms with Gasteiger partial charge in [0.2, 0.25) is 0 Å². The van der Waals surface area contributed by atoms with Crippen molar-refractivity contribution in [3.05, 3.63) is 77.9 Å². The van der Waals surface area contributed by atoms with E-state index in [1.807, 2.05) is 37.2 Å². The summed E-state index contributed by atoms with van der Waals surface area (Å²) in [6.45, 7) is 3.47. The van der Waals surface area contributed by atoms with Crippen LogP contribution in [0.15, 0.2) is 71.7 Å². The van der Waals surface area contributed by atoms with Gasteiger partial charge in [-0.25, -0.2) is 4.99 Å². The third kappa shape index (κ3) is 4.86. The molecule has 130 valence electrons. The van der Waals surface area contributed by atoms with Crippen molar-refractivity contribution in [3.63, 3.8) is 0 Å². The molecule has 2 aromatic rings. The molecule has 0 aromatic heterocycles. The van der Waals surface area contributed by atoms with Crippen molar-refractivity contribution in [1.29, 1.82) is 0 Å². The van der Waals surface area contributed by atoms with E-state index in [1.165, 1.54) is 16.8 Å². The Labute approximate surface area is 150 Å². The molecule has 3 rings (SSSR count). The van der Waals surface area contributed by atoms with Gasteiger partial charge in [0.15, 0.2) is 5.96 Å². The molecule has 25 heavy (non-hydrogen) atoms. The molecule has 1 aliphatic rings. The lowest BCUT2D eigenvalue weighted by atomic mass is 10.2. The Morgan fingerprint density at radius 3 is 2.28 bits per heavy atom. The maximum Gasteiger partial charge on any atom is 0.194 e. The fourth-order valence-corrected chi connectivity index (χ4v) is 2.80. The lowest BCUT2D eigenvalue weighted by Crippen LogP contribution is -2.36. The second-order valence-corrected chi connectivity index (χ2v) is 6.42. The highest BCUT2D eigenvalue weighted by Gasteiger charge is 2.07. The first-order chi connectivity index (χ1) is 12.2. The zero-order valence-electron chi connectivity index (χ0n) is 15.0. The highest BCUT2D eigenvalue weighted by molar-refractivity contribution is 5.79. The number of nitrogens with one attached hydrogen (secondary N) is 1. The summed E-state index contributed by atoms with van der Waals surface area (Å²) in [7, 11) is 4.03. The second-order valence-electron chi connectivity index (χ2n) is 6.42. The summed E-state index contributed by atoms with van der Waals surface area (Å²) in [5.41, 5.74) is 3.75. The minimum absolute atomic E-state index is 0.683. The first-order valence-electron chi connectivity index (χ1n) is 8.71. The van der Waals surface area contributed by atoms with Gasteiger partial charge in [-0.05, 0) is 23.3 Å². The maximum absolute atomic E-state index is 4.70. The Morgan fingerprint density at radius 1 is 0.960 bits per heavy atom. The van der Waals surface area contributed by atoms with Crippen molar-refractivity contribution in [3.8, 4) is 0 Å². The van der Waals surface area contributed by atoms with Crippen molar-refractivity contribution >= 4 is 11.6 Å². The van der Waals surface area contributed by atoms with Gasteiger partial charge in [-0.2, -0.15) is 0 Å². The van der Waals surface area contributed by atoms with Crippen LogP contribution in [0.3, 0.4) is 0 Å². The lowest BCUT2D eigenvalue weighted by molar-refractivity contribution is 0.578. The predicted molar refractivity (Wildman–Crippen MR) is 106 cm³/mol. The topological polar surface area (TPSA) is 30.9 Å². The highest BCUT2D eigenvalue weighted by Crippen LogP contribution is 2.17. The fraction of sp³-hybridized carbons (Fsp3) is 0.286. The van der Waals surface area contributed by atoms with E-state index in [2.05, 4.69) is 58.8 Å². The number of anilines is 1. The van der Waals surface area contributed by atoms with E-state index in [9.17, 15) is 0 Å². The zero-order valence-corrected chi connectivity index (χ0v) is 15.0. The van der Waals surface area contributed by atoms with Gasteiger partial charge in [-0.1, -0.05) is 54.6 Å². The SMILES string of the molecule is CN(C)C(=NCc1ccccc1)NCc1ccc(N2CC=CC2)cc1. The van der Waals surface area contributed by atoms with Crippen molar-refractivity contribution < 1.29 is 0 Å². The maximum atomic E-state index is 4.70. The van der Waals surface area contributed by atoms with E-state index in [4.69, 9.17) is 4.99 Å². The molecular weight excluding hydrogens is 308 g/mol. The lowest BCUT2D eigenvalue weighted by Gasteiger charge is -2.19. The standard InChI is InChI=1S/C21H26N4/c1-24(2)21(22-16-18-8-4-3-5-9-18)23-17-19-10-12-20(13-11-19)25-14-6-7-15-25/h3-13H,14-17H2,1-2H3,(H,22,23). The van der Waals surface area contributed by atoms with Gasteiger partial charge < -0.3 is 15.1 Å². The number of aliphatic imine (C=N–C) groups is 1. The van der Waals surface area contributed by atoms with Gasteiger partial charge in [0.25, 0.3) is 0 Å². The van der Waals surface area contributed by atoms with Gasteiger partial charge in [0.05, 0.1) is 6.54 Å². The van der Waals surface area contributed by atoms with Crippen LogP contribution < -0.4 is 10.2 Å². The molecule has 0 radical (unpaired) electrons. The molecule has 0 fully saturated rings. The molecule has 4 nitrogen and oxygen atoms in total. The highest BCUT2D eigenvalue weighted by atomic mass is 15.3. The third-order valence-corrected chi connectivity index (χ3v) is 4.25. The van der Waals surface area contributed by atoms with E-state index in [0.29, 0.717) is 6.54 Å². The Kier molecular flexibility index (Phi) is 5.73. The largest absolute Gasteiger partial charge is 0.364 e. The van der Waals surface area contributed by atoms with Gasteiger partial charge in [0.1, 0.15) is 0 Å². The Morgan fingerprint density at radius 2 is 1.64 bits per heavy atom. The number of nitrogens with zero attached hydrogens (tertiary/aromatic N) is 3. The normalized spacial score (nSPS) is 14.0. The van der Waals surface area contributed by atoms with Crippen LogP contribution in [0.2, 0.25) is 0 Å². The fourth-order valence-electron chi connectivity index (χ4n) is 2.80. The summed E-state index contributed by atoms with van der Waals surface area (Å²) in [6, 6.07) is 19.1. The molecule has 1 heterocycles. The molecule has 0 amide bonds. The van der Waals surface area contributed by atoms with E-state index in [-0.39, 0.29) is 0 Å². The van der Waals surface area contributed by atoms with E-state index in [1.54, 1.807) is 0 Å². The summed E-state index contributed by atoms with van der Waals surface area (Å²) < 4.78 is 0. The van der Waals surface area contributed by atoms with Crippen LogP contribution in [0.4, 0.5) is 5.69 Å². The first-order valence-corrected chi connectivity index (χ1v) is 8.71. The van der Waals surface area contributed by atoms with Crippen molar-refractivity contribution in [2.24, 2.45) is 4.99 Å². The molecule has 2 aromatic carbocycles. The molecule has 4 heteroatoms. The number of rotatable bonds is 5. The molecule has 0 aliphatic carbocycles. The zero-order chi connectivity index (χ0) is 17.5. The monoisotopic (exact) mass is 334 g/mol. The summed E-state index contributed by atoms with van der Waals surface area (Å²) in [4.78, 5) is 9.08. The quantitative estimate of drug-likeness (QED) is 0.517. The number of hydrogen-bond acceptors (Lipinski definition) is 2. The molecule has 0 saturated carbocycles. The van der Waals surface area contributed by atoms with Gasteiger partial charge in [-0.3, -0.25) is 0 Å². The second kappa shape index (κ2) is 8.38. The average molecular weight is 334 g/mol. The summed E-state index contributed by atoms with van der Waals surface area (Å²) in [6.07, 6.45) is 4.42. The van der Waals surface area contributed by atoms with Crippen LogP contribution in [0.1, 0.15) is 11.1 Å². The van der Waals surface area contributed by atoms with Crippen molar-refractivity contribution in [2.75, 3.05) is 32.1 Å². The molecule has 0 atom stereocenters. The molecular formula is C21H26N4. The van der Waals surface area contributed by atoms with Crippen LogP contribution in [0.5, 0.6) is 0 Å². The third-order valence-electron chi connectivity index (χ3n) is 4.25.